The van der Waals surface area contributed by atoms with Crippen LogP contribution in [0.25, 0.3) is 0 Å². The summed E-state index contributed by atoms with van der Waals surface area (Å²) in [5.41, 5.74) is 8.15. The van der Waals surface area contributed by atoms with E-state index in [9.17, 15) is 8.42 Å². The highest BCUT2D eigenvalue weighted by Gasteiger charge is 2.22. The largest absolute Gasteiger partial charge is 0.398 e. The molecule has 21 heavy (non-hydrogen) atoms. The Labute approximate surface area is 127 Å². The maximum absolute atomic E-state index is 12.6. The molecular weight excluding hydrogens is 288 g/mol. The zero-order valence-corrected chi connectivity index (χ0v) is 14.1. The molecular formula is C15H26N2O3S. The van der Waals surface area contributed by atoms with Crippen molar-refractivity contribution in [2.75, 3.05) is 19.5 Å². The Morgan fingerprint density at radius 3 is 2.48 bits per heavy atom. The third-order valence-electron chi connectivity index (χ3n) is 3.47. The monoisotopic (exact) mass is 314 g/mol. The molecule has 5 nitrogen and oxygen atoms in total. The predicted octanol–water partition coefficient (Wildman–Crippen LogP) is 2.10. The number of methoxy groups -OCH3 is 1. The average Bonchev–Trinajstić information content (AvgIpc) is 2.43. The Kier molecular flexibility index (Phi) is 6.64. The molecule has 0 saturated heterocycles. The fourth-order valence-corrected chi connectivity index (χ4v) is 3.90. The highest BCUT2D eigenvalue weighted by Crippen LogP contribution is 2.25. The number of sulfonamides is 1. The average molecular weight is 314 g/mol. The molecule has 0 aliphatic carbocycles. The normalized spacial score (nSPS) is 13.3. The van der Waals surface area contributed by atoms with Crippen molar-refractivity contribution in [3.63, 3.8) is 0 Å². The Morgan fingerprint density at radius 2 is 1.95 bits per heavy atom. The minimum atomic E-state index is -3.57. The van der Waals surface area contributed by atoms with Gasteiger partial charge in [-0.25, -0.2) is 13.1 Å². The third kappa shape index (κ3) is 4.69. The number of nitrogens with one attached hydrogen (secondary N) is 1. The van der Waals surface area contributed by atoms with Crippen LogP contribution in [0.2, 0.25) is 0 Å². The molecule has 1 rings (SSSR count). The van der Waals surface area contributed by atoms with E-state index in [1.54, 1.807) is 13.2 Å². The van der Waals surface area contributed by atoms with E-state index in [1.807, 2.05) is 26.8 Å². The molecule has 0 fully saturated rings. The van der Waals surface area contributed by atoms with Gasteiger partial charge >= 0.3 is 0 Å². The molecule has 120 valence electrons. The fourth-order valence-electron chi connectivity index (χ4n) is 2.23. The van der Waals surface area contributed by atoms with Crippen molar-refractivity contribution in [2.45, 2.75) is 51.0 Å². The number of nitrogens with two attached hydrogens (primary N) is 1. The van der Waals surface area contributed by atoms with Gasteiger partial charge in [-0.2, -0.15) is 0 Å². The molecule has 0 bridgehead atoms. The summed E-state index contributed by atoms with van der Waals surface area (Å²) in [6.45, 7) is 6.23. The van der Waals surface area contributed by atoms with Crippen molar-refractivity contribution < 1.29 is 13.2 Å². The van der Waals surface area contributed by atoms with Crippen LogP contribution in [0.5, 0.6) is 0 Å². The smallest absolute Gasteiger partial charge is 0.241 e. The first kappa shape index (κ1) is 17.9. The number of rotatable bonds is 8. The van der Waals surface area contributed by atoms with Gasteiger partial charge in [0, 0.05) is 25.4 Å². The lowest BCUT2D eigenvalue weighted by Gasteiger charge is -2.18. The van der Waals surface area contributed by atoms with Gasteiger partial charge in [-0.3, -0.25) is 0 Å². The SMILES string of the molecule is CCc1cc(N)c(CC)c(S(=O)(=O)NC(C)CCOC)c1. The van der Waals surface area contributed by atoms with Crippen LogP contribution in [0.4, 0.5) is 5.69 Å². The van der Waals surface area contributed by atoms with Crippen LogP contribution in [0.15, 0.2) is 17.0 Å². The van der Waals surface area contributed by atoms with Crippen molar-refractivity contribution in [3.05, 3.63) is 23.3 Å². The van der Waals surface area contributed by atoms with E-state index in [0.717, 1.165) is 12.0 Å². The number of aryl methyl sites for hydroxylation is 1. The summed E-state index contributed by atoms with van der Waals surface area (Å²) in [5.74, 6) is 0. The van der Waals surface area contributed by atoms with E-state index >= 15 is 0 Å². The fraction of sp³-hybridized carbons (Fsp3) is 0.600. The maximum Gasteiger partial charge on any atom is 0.241 e. The van der Waals surface area contributed by atoms with Crippen LogP contribution in [-0.2, 0) is 27.6 Å². The molecule has 1 atom stereocenters. The zero-order chi connectivity index (χ0) is 16.0. The van der Waals surface area contributed by atoms with E-state index in [1.165, 1.54) is 0 Å². The molecule has 3 N–H and O–H groups in total. The first-order valence-corrected chi connectivity index (χ1v) is 8.76. The van der Waals surface area contributed by atoms with Gasteiger partial charge in [-0.05, 0) is 49.4 Å². The summed E-state index contributed by atoms with van der Waals surface area (Å²) in [6.07, 6.45) is 1.95. The molecule has 1 aromatic carbocycles. The van der Waals surface area contributed by atoms with Gasteiger partial charge in [-0.15, -0.1) is 0 Å². The van der Waals surface area contributed by atoms with Crippen molar-refractivity contribution in [1.29, 1.82) is 0 Å². The predicted molar refractivity (Wildman–Crippen MR) is 85.9 cm³/mol. The molecule has 6 heteroatoms. The number of ether oxygens (including phenoxy) is 1. The van der Waals surface area contributed by atoms with Gasteiger partial charge in [0.1, 0.15) is 0 Å². The Balaban J connectivity index is 3.14. The summed E-state index contributed by atoms with van der Waals surface area (Å²) in [5, 5.41) is 0. The lowest BCUT2D eigenvalue weighted by Crippen LogP contribution is -2.34. The summed E-state index contributed by atoms with van der Waals surface area (Å²) >= 11 is 0. The van der Waals surface area contributed by atoms with Crippen molar-refractivity contribution in [2.24, 2.45) is 0 Å². The second-order valence-electron chi connectivity index (χ2n) is 5.17. The molecule has 0 amide bonds. The first-order valence-electron chi connectivity index (χ1n) is 7.28. The standard InChI is InChI=1S/C15H26N2O3S/c1-5-12-9-14(16)13(6-2)15(10-12)21(18,19)17-11(3)7-8-20-4/h9-11,17H,5-8,16H2,1-4H3. The van der Waals surface area contributed by atoms with Gasteiger partial charge in [0.2, 0.25) is 10.0 Å². The van der Waals surface area contributed by atoms with Crippen molar-refractivity contribution in [1.82, 2.24) is 4.72 Å². The Hall–Kier alpha value is -1.11. The van der Waals surface area contributed by atoms with Crippen LogP contribution in [0.1, 0.15) is 38.3 Å². The van der Waals surface area contributed by atoms with E-state index in [2.05, 4.69) is 4.72 Å². The highest BCUT2D eigenvalue weighted by molar-refractivity contribution is 7.89. The minimum absolute atomic E-state index is 0.189. The number of nitrogen functional groups attached to an aromatic ring is 1. The van der Waals surface area contributed by atoms with Gasteiger partial charge < -0.3 is 10.5 Å². The van der Waals surface area contributed by atoms with E-state index in [4.69, 9.17) is 10.5 Å². The number of benzene rings is 1. The second-order valence-corrected chi connectivity index (χ2v) is 6.86. The number of hydrogen-bond acceptors (Lipinski definition) is 4. The van der Waals surface area contributed by atoms with Crippen LogP contribution in [0, 0.1) is 0 Å². The molecule has 1 aromatic rings. The molecule has 1 unspecified atom stereocenters. The van der Waals surface area contributed by atoms with Crippen LogP contribution < -0.4 is 10.5 Å². The molecule has 0 spiro atoms. The summed E-state index contributed by atoms with van der Waals surface area (Å²) in [6, 6.07) is 3.39. The van der Waals surface area contributed by atoms with Gasteiger partial charge in [0.05, 0.1) is 4.90 Å². The lowest BCUT2D eigenvalue weighted by atomic mass is 10.1. The summed E-state index contributed by atoms with van der Waals surface area (Å²) < 4.78 is 32.9. The van der Waals surface area contributed by atoms with Crippen LogP contribution in [0.3, 0.4) is 0 Å². The topological polar surface area (TPSA) is 81.4 Å². The van der Waals surface area contributed by atoms with Crippen LogP contribution >= 0.6 is 0 Å². The summed E-state index contributed by atoms with van der Waals surface area (Å²) in [7, 11) is -1.97. The van der Waals surface area contributed by atoms with Gasteiger partial charge in [0.25, 0.3) is 0 Å². The van der Waals surface area contributed by atoms with E-state index in [0.29, 0.717) is 35.6 Å². The number of hydrogen-bond donors (Lipinski definition) is 2. The maximum atomic E-state index is 12.6. The highest BCUT2D eigenvalue weighted by atomic mass is 32.2. The molecule has 0 aliphatic heterocycles. The Morgan fingerprint density at radius 1 is 1.29 bits per heavy atom. The van der Waals surface area contributed by atoms with Gasteiger partial charge in [-0.1, -0.05) is 13.8 Å². The first-order chi connectivity index (χ1) is 9.85. The Bertz CT molecular complexity index is 571. The summed E-state index contributed by atoms with van der Waals surface area (Å²) in [4.78, 5) is 0.297. The molecule has 0 aromatic heterocycles. The number of anilines is 1. The second kappa shape index (κ2) is 7.77. The molecule has 0 heterocycles. The minimum Gasteiger partial charge on any atom is -0.398 e. The van der Waals surface area contributed by atoms with E-state index in [-0.39, 0.29) is 6.04 Å². The van der Waals surface area contributed by atoms with Crippen molar-refractivity contribution >= 4 is 15.7 Å². The lowest BCUT2D eigenvalue weighted by molar-refractivity contribution is 0.188. The van der Waals surface area contributed by atoms with Crippen molar-refractivity contribution in [3.8, 4) is 0 Å². The third-order valence-corrected chi connectivity index (χ3v) is 5.12. The van der Waals surface area contributed by atoms with Crippen LogP contribution in [-0.4, -0.2) is 28.2 Å². The molecule has 0 aliphatic rings. The quantitative estimate of drug-likeness (QED) is 0.720. The van der Waals surface area contributed by atoms with Gasteiger partial charge in [0.15, 0.2) is 0 Å². The molecule has 0 saturated carbocycles. The zero-order valence-electron chi connectivity index (χ0n) is 13.3. The molecule has 0 radical (unpaired) electrons. The van der Waals surface area contributed by atoms with E-state index < -0.39 is 10.0 Å².